The molecule has 0 fully saturated rings. The first kappa shape index (κ1) is 12.1. The van der Waals surface area contributed by atoms with Crippen LogP contribution in [0.5, 0.6) is 5.75 Å². The molecular weight excluding hydrogens is 236 g/mol. The molecule has 94 valence electrons. The van der Waals surface area contributed by atoms with Crippen LogP contribution in [0.2, 0.25) is 0 Å². The van der Waals surface area contributed by atoms with Gasteiger partial charge in [-0.05, 0) is 12.1 Å². The van der Waals surface area contributed by atoms with E-state index in [1.54, 1.807) is 13.2 Å². The molecule has 2 aromatic rings. The average molecular weight is 248 g/mol. The van der Waals surface area contributed by atoms with Gasteiger partial charge in [0, 0.05) is 12.0 Å². The maximum atomic E-state index is 10.4. The van der Waals surface area contributed by atoms with Crippen LogP contribution in [0.25, 0.3) is 11.4 Å². The summed E-state index contributed by atoms with van der Waals surface area (Å²) in [7, 11) is 1.58. The summed E-state index contributed by atoms with van der Waals surface area (Å²) in [6.45, 7) is 0. The number of carboxylic acids is 1. The summed E-state index contributed by atoms with van der Waals surface area (Å²) in [5.74, 6) is 0.546. The summed E-state index contributed by atoms with van der Waals surface area (Å²) in [6, 6.07) is 7.25. The number of benzene rings is 1. The molecule has 0 aliphatic heterocycles. The lowest BCUT2D eigenvalue weighted by atomic mass is 10.2. The highest BCUT2D eigenvalue weighted by Crippen LogP contribution is 2.21. The normalized spacial score (nSPS) is 10.3. The SMILES string of the molecule is COc1cccc(-c2noc(CCC(=O)O)n2)c1. The lowest BCUT2D eigenvalue weighted by Crippen LogP contribution is -1.97. The van der Waals surface area contributed by atoms with Crippen LogP contribution < -0.4 is 4.74 Å². The number of aryl methyl sites for hydroxylation is 1. The molecule has 2 rings (SSSR count). The zero-order valence-corrected chi connectivity index (χ0v) is 9.79. The Kier molecular flexibility index (Phi) is 3.57. The summed E-state index contributed by atoms with van der Waals surface area (Å²) in [4.78, 5) is 14.6. The molecule has 6 nitrogen and oxygen atoms in total. The van der Waals surface area contributed by atoms with Crippen molar-refractivity contribution in [2.75, 3.05) is 7.11 Å². The van der Waals surface area contributed by atoms with Crippen LogP contribution >= 0.6 is 0 Å². The molecular formula is C12H12N2O4. The third kappa shape index (κ3) is 2.85. The standard InChI is InChI=1S/C12H12N2O4/c1-17-9-4-2-3-8(7-9)12-13-10(18-14-12)5-6-11(15)16/h2-4,7H,5-6H2,1H3,(H,15,16). The first-order valence-corrected chi connectivity index (χ1v) is 5.38. The van der Waals surface area contributed by atoms with Gasteiger partial charge in [0.2, 0.25) is 11.7 Å². The highest BCUT2D eigenvalue weighted by Gasteiger charge is 2.10. The number of aromatic nitrogens is 2. The molecule has 1 aromatic carbocycles. The summed E-state index contributed by atoms with van der Waals surface area (Å²) in [5.41, 5.74) is 0.764. The monoisotopic (exact) mass is 248 g/mol. The van der Waals surface area contributed by atoms with Gasteiger partial charge in [0.05, 0.1) is 13.5 Å². The molecule has 0 radical (unpaired) electrons. The number of aliphatic carboxylic acids is 1. The summed E-state index contributed by atoms with van der Waals surface area (Å²) in [6.07, 6.45) is 0.200. The molecule has 0 amide bonds. The van der Waals surface area contributed by atoms with E-state index in [2.05, 4.69) is 10.1 Å². The van der Waals surface area contributed by atoms with E-state index in [0.29, 0.717) is 17.5 Å². The third-order valence-corrected chi connectivity index (χ3v) is 2.35. The van der Waals surface area contributed by atoms with E-state index in [4.69, 9.17) is 14.4 Å². The summed E-state index contributed by atoms with van der Waals surface area (Å²) in [5, 5.41) is 12.4. The smallest absolute Gasteiger partial charge is 0.303 e. The van der Waals surface area contributed by atoms with Crippen LogP contribution in [0.15, 0.2) is 28.8 Å². The van der Waals surface area contributed by atoms with Gasteiger partial charge < -0.3 is 14.4 Å². The quantitative estimate of drug-likeness (QED) is 0.867. The minimum atomic E-state index is -0.892. The van der Waals surface area contributed by atoms with E-state index in [9.17, 15) is 4.79 Å². The van der Waals surface area contributed by atoms with Crippen molar-refractivity contribution in [1.82, 2.24) is 10.1 Å². The second-order valence-electron chi connectivity index (χ2n) is 3.64. The topological polar surface area (TPSA) is 85.5 Å². The fraction of sp³-hybridized carbons (Fsp3) is 0.250. The van der Waals surface area contributed by atoms with E-state index in [0.717, 1.165) is 5.56 Å². The maximum absolute atomic E-state index is 10.4. The van der Waals surface area contributed by atoms with Gasteiger partial charge in [0.1, 0.15) is 5.75 Å². The summed E-state index contributed by atoms with van der Waals surface area (Å²) >= 11 is 0. The molecule has 0 atom stereocenters. The Morgan fingerprint density at radius 1 is 1.50 bits per heavy atom. The zero-order chi connectivity index (χ0) is 13.0. The molecule has 0 unspecified atom stereocenters. The van der Waals surface area contributed by atoms with Gasteiger partial charge in [-0.25, -0.2) is 0 Å². The van der Waals surface area contributed by atoms with Crippen molar-refractivity contribution in [1.29, 1.82) is 0 Å². The lowest BCUT2D eigenvalue weighted by Gasteiger charge is -1.99. The number of carbonyl (C=O) groups is 1. The Balaban J connectivity index is 2.15. The third-order valence-electron chi connectivity index (χ3n) is 2.35. The minimum Gasteiger partial charge on any atom is -0.497 e. The first-order chi connectivity index (χ1) is 8.69. The van der Waals surface area contributed by atoms with Crippen LogP contribution in [-0.2, 0) is 11.2 Å². The molecule has 18 heavy (non-hydrogen) atoms. The van der Waals surface area contributed by atoms with Crippen molar-refractivity contribution >= 4 is 5.97 Å². The van der Waals surface area contributed by atoms with Crippen LogP contribution in [0, 0.1) is 0 Å². The van der Waals surface area contributed by atoms with E-state index < -0.39 is 5.97 Å². The highest BCUT2D eigenvalue weighted by molar-refractivity contribution is 5.66. The molecule has 6 heteroatoms. The first-order valence-electron chi connectivity index (χ1n) is 5.38. The van der Waals surface area contributed by atoms with Crippen molar-refractivity contribution in [3.8, 4) is 17.1 Å². The van der Waals surface area contributed by atoms with E-state index in [1.165, 1.54) is 0 Å². The number of carboxylic acid groups (broad SMARTS) is 1. The van der Waals surface area contributed by atoms with Crippen molar-refractivity contribution in [2.45, 2.75) is 12.8 Å². The molecule has 0 saturated heterocycles. The van der Waals surface area contributed by atoms with Gasteiger partial charge >= 0.3 is 5.97 Å². The van der Waals surface area contributed by atoms with Gasteiger partial charge in [0.25, 0.3) is 0 Å². The Bertz CT molecular complexity index is 551. The van der Waals surface area contributed by atoms with Crippen LogP contribution in [0.1, 0.15) is 12.3 Å². The lowest BCUT2D eigenvalue weighted by molar-refractivity contribution is -0.137. The van der Waals surface area contributed by atoms with E-state index in [-0.39, 0.29) is 12.8 Å². The van der Waals surface area contributed by atoms with Gasteiger partial charge in [-0.15, -0.1) is 0 Å². The molecule has 1 aromatic heterocycles. The van der Waals surface area contributed by atoms with Crippen molar-refractivity contribution in [2.24, 2.45) is 0 Å². The van der Waals surface area contributed by atoms with E-state index >= 15 is 0 Å². The fourth-order valence-corrected chi connectivity index (χ4v) is 1.45. The van der Waals surface area contributed by atoms with Gasteiger partial charge in [0.15, 0.2) is 0 Å². The predicted molar refractivity (Wildman–Crippen MR) is 62.2 cm³/mol. The Morgan fingerprint density at radius 3 is 3.06 bits per heavy atom. The number of nitrogens with zero attached hydrogens (tertiary/aromatic N) is 2. The Morgan fingerprint density at radius 2 is 2.33 bits per heavy atom. The second-order valence-corrected chi connectivity index (χ2v) is 3.64. The molecule has 0 spiro atoms. The molecule has 0 saturated carbocycles. The second kappa shape index (κ2) is 5.31. The number of methoxy groups -OCH3 is 1. The summed E-state index contributed by atoms with van der Waals surface area (Å²) < 4.78 is 10.1. The minimum absolute atomic E-state index is 0.0280. The fourth-order valence-electron chi connectivity index (χ4n) is 1.45. The van der Waals surface area contributed by atoms with E-state index in [1.807, 2.05) is 18.2 Å². The van der Waals surface area contributed by atoms with Crippen LogP contribution in [0.3, 0.4) is 0 Å². The molecule has 0 aliphatic carbocycles. The molecule has 1 N–H and O–H groups in total. The van der Waals surface area contributed by atoms with Crippen LogP contribution in [-0.4, -0.2) is 28.3 Å². The van der Waals surface area contributed by atoms with Crippen molar-refractivity contribution in [3.63, 3.8) is 0 Å². The number of rotatable bonds is 5. The van der Waals surface area contributed by atoms with Gasteiger partial charge in [-0.1, -0.05) is 17.3 Å². The predicted octanol–water partition coefficient (Wildman–Crippen LogP) is 1.76. The molecule has 0 aliphatic rings. The zero-order valence-electron chi connectivity index (χ0n) is 9.79. The molecule has 0 bridgehead atoms. The average Bonchev–Trinajstić information content (AvgIpc) is 2.85. The molecule has 1 heterocycles. The van der Waals surface area contributed by atoms with Crippen molar-refractivity contribution in [3.05, 3.63) is 30.2 Å². The largest absolute Gasteiger partial charge is 0.497 e. The van der Waals surface area contributed by atoms with Gasteiger partial charge in [-0.3, -0.25) is 4.79 Å². The number of hydrogen-bond donors (Lipinski definition) is 1. The van der Waals surface area contributed by atoms with Crippen LogP contribution in [0.4, 0.5) is 0 Å². The Labute approximate surface area is 103 Å². The van der Waals surface area contributed by atoms with Gasteiger partial charge in [-0.2, -0.15) is 4.98 Å². The highest BCUT2D eigenvalue weighted by atomic mass is 16.5. The number of ether oxygens (including phenoxy) is 1. The maximum Gasteiger partial charge on any atom is 0.303 e. The van der Waals surface area contributed by atoms with Crippen molar-refractivity contribution < 1.29 is 19.2 Å². The Hall–Kier alpha value is -2.37. The number of hydrogen-bond acceptors (Lipinski definition) is 5.